The van der Waals surface area contributed by atoms with Gasteiger partial charge in [-0.25, -0.2) is 0 Å². The average molecular weight is 235 g/mol. The summed E-state index contributed by atoms with van der Waals surface area (Å²) >= 11 is 0. The Hall–Kier alpha value is -1.79. The van der Waals surface area contributed by atoms with Crippen LogP contribution < -0.4 is 5.56 Å². The highest BCUT2D eigenvalue weighted by atomic mass is 19.4. The molecule has 0 radical (unpaired) electrons. The van der Waals surface area contributed by atoms with Crippen LogP contribution in [-0.2, 0) is 22.1 Å². The first-order chi connectivity index (χ1) is 7.34. The summed E-state index contributed by atoms with van der Waals surface area (Å²) in [6, 6.07) is 0.736. The smallest absolute Gasteiger partial charge is 0.418 e. The van der Waals surface area contributed by atoms with E-state index in [9.17, 15) is 22.8 Å². The van der Waals surface area contributed by atoms with E-state index in [2.05, 4.69) is 4.74 Å². The lowest BCUT2D eigenvalue weighted by Gasteiger charge is -2.10. The Morgan fingerprint density at radius 3 is 2.62 bits per heavy atom. The van der Waals surface area contributed by atoms with Crippen molar-refractivity contribution in [2.45, 2.75) is 12.6 Å². The quantitative estimate of drug-likeness (QED) is 0.781. The molecule has 0 atom stereocenters. The summed E-state index contributed by atoms with van der Waals surface area (Å²) in [5.74, 6) is -0.837. The lowest BCUT2D eigenvalue weighted by molar-refractivity contribution is -0.141. The third-order valence-corrected chi connectivity index (χ3v) is 1.88. The number of H-pyrrole nitrogens is 1. The number of hydrogen-bond donors (Lipinski definition) is 1. The van der Waals surface area contributed by atoms with Gasteiger partial charge in [-0.05, 0) is 5.56 Å². The number of esters is 1. The van der Waals surface area contributed by atoms with E-state index in [1.54, 1.807) is 0 Å². The van der Waals surface area contributed by atoms with Crippen LogP contribution in [0.2, 0.25) is 0 Å². The van der Waals surface area contributed by atoms with Gasteiger partial charge in [0.2, 0.25) is 5.56 Å². The van der Waals surface area contributed by atoms with Gasteiger partial charge in [0.25, 0.3) is 0 Å². The second kappa shape index (κ2) is 4.38. The summed E-state index contributed by atoms with van der Waals surface area (Å²) in [6.07, 6.45) is -4.66. The predicted octanol–water partition coefficient (Wildman–Crippen LogP) is 1.11. The van der Waals surface area contributed by atoms with Gasteiger partial charge in [0, 0.05) is 12.3 Å². The van der Waals surface area contributed by atoms with Gasteiger partial charge in [-0.15, -0.1) is 0 Å². The molecule has 88 valence electrons. The number of carbonyl (C=O) groups excluding carboxylic acids is 1. The molecule has 1 heterocycles. The zero-order valence-corrected chi connectivity index (χ0v) is 8.22. The van der Waals surface area contributed by atoms with Crippen LogP contribution in [0.1, 0.15) is 11.1 Å². The fourth-order valence-corrected chi connectivity index (χ4v) is 1.15. The Morgan fingerprint density at radius 2 is 2.12 bits per heavy atom. The molecular formula is C9H8F3NO3. The van der Waals surface area contributed by atoms with Gasteiger partial charge in [-0.2, -0.15) is 13.2 Å². The van der Waals surface area contributed by atoms with Gasteiger partial charge >= 0.3 is 12.1 Å². The number of nitrogens with one attached hydrogen (secondary N) is 1. The van der Waals surface area contributed by atoms with Crippen molar-refractivity contribution in [1.29, 1.82) is 0 Å². The molecule has 1 aromatic heterocycles. The summed E-state index contributed by atoms with van der Waals surface area (Å²) in [5, 5.41) is 0. The van der Waals surface area contributed by atoms with Crippen LogP contribution in [0.25, 0.3) is 0 Å². The number of alkyl halides is 3. The predicted molar refractivity (Wildman–Crippen MR) is 47.8 cm³/mol. The molecule has 16 heavy (non-hydrogen) atoms. The van der Waals surface area contributed by atoms with Gasteiger partial charge in [-0.1, -0.05) is 0 Å². The summed E-state index contributed by atoms with van der Waals surface area (Å²) < 4.78 is 41.6. The maximum absolute atomic E-state index is 12.5. The molecule has 1 rings (SSSR count). The number of hydrogen-bond acceptors (Lipinski definition) is 3. The molecule has 0 aromatic carbocycles. The first-order valence-electron chi connectivity index (χ1n) is 4.20. The van der Waals surface area contributed by atoms with Crippen LogP contribution in [0, 0.1) is 0 Å². The second-order valence-corrected chi connectivity index (χ2v) is 2.99. The molecule has 0 aliphatic carbocycles. The largest absolute Gasteiger partial charge is 0.469 e. The third kappa shape index (κ3) is 2.85. The molecule has 1 aromatic rings. The maximum atomic E-state index is 12.5. The summed E-state index contributed by atoms with van der Waals surface area (Å²) in [5.41, 5.74) is -2.15. The molecule has 0 saturated carbocycles. The average Bonchev–Trinajstić information content (AvgIpc) is 2.15. The highest BCUT2D eigenvalue weighted by Crippen LogP contribution is 2.30. The van der Waals surface area contributed by atoms with E-state index in [0.717, 1.165) is 13.2 Å². The molecule has 0 spiro atoms. The Labute approximate surface area is 88.0 Å². The zero-order chi connectivity index (χ0) is 12.3. The number of methoxy groups -OCH3 is 1. The van der Waals surface area contributed by atoms with Gasteiger partial charge < -0.3 is 9.72 Å². The standard InChI is InChI=1S/C9H8F3NO3/c1-16-8(15)3-5-2-7(14)13-4-6(5)9(10,11)12/h2,4H,3H2,1H3,(H,13,14). The summed E-state index contributed by atoms with van der Waals surface area (Å²) in [7, 11) is 1.06. The van der Waals surface area contributed by atoms with Crippen molar-refractivity contribution in [2.75, 3.05) is 7.11 Å². The molecule has 4 nitrogen and oxygen atoms in total. The highest BCUT2D eigenvalue weighted by Gasteiger charge is 2.34. The van der Waals surface area contributed by atoms with Crippen LogP contribution in [0.5, 0.6) is 0 Å². The first kappa shape index (κ1) is 12.3. The minimum Gasteiger partial charge on any atom is -0.469 e. The molecule has 0 aliphatic rings. The monoisotopic (exact) mass is 235 g/mol. The van der Waals surface area contributed by atoms with Gasteiger partial charge in [-0.3, -0.25) is 9.59 Å². The van der Waals surface area contributed by atoms with Crippen molar-refractivity contribution in [2.24, 2.45) is 0 Å². The summed E-state index contributed by atoms with van der Waals surface area (Å²) in [6.45, 7) is 0. The van der Waals surface area contributed by atoms with E-state index >= 15 is 0 Å². The molecule has 0 fully saturated rings. The topological polar surface area (TPSA) is 59.2 Å². The van der Waals surface area contributed by atoms with Crippen LogP contribution >= 0.6 is 0 Å². The number of halogens is 3. The Kier molecular flexibility index (Phi) is 3.36. The van der Waals surface area contributed by atoms with E-state index in [-0.39, 0.29) is 0 Å². The SMILES string of the molecule is COC(=O)Cc1cc(=O)[nH]cc1C(F)(F)F. The Balaban J connectivity index is 3.19. The lowest BCUT2D eigenvalue weighted by Crippen LogP contribution is -2.18. The second-order valence-electron chi connectivity index (χ2n) is 2.99. The van der Waals surface area contributed by atoms with E-state index in [1.165, 1.54) is 0 Å². The Bertz CT molecular complexity index is 450. The number of rotatable bonds is 2. The fraction of sp³-hybridized carbons (Fsp3) is 0.333. The lowest BCUT2D eigenvalue weighted by atomic mass is 10.1. The fourth-order valence-electron chi connectivity index (χ4n) is 1.15. The molecule has 0 unspecified atom stereocenters. The third-order valence-electron chi connectivity index (χ3n) is 1.88. The number of carbonyl (C=O) groups is 1. The Morgan fingerprint density at radius 1 is 1.50 bits per heavy atom. The molecule has 7 heteroatoms. The zero-order valence-electron chi connectivity index (χ0n) is 8.22. The molecule has 1 N–H and O–H groups in total. The maximum Gasteiger partial charge on any atom is 0.418 e. The van der Waals surface area contributed by atoms with Crippen molar-refractivity contribution in [1.82, 2.24) is 4.98 Å². The van der Waals surface area contributed by atoms with Crippen LogP contribution in [0.3, 0.4) is 0 Å². The number of ether oxygens (including phenoxy) is 1. The van der Waals surface area contributed by atoms with Crippen LogP contribution in [-0.4, -0.2) is 18.1 Å². The van der Waals surface area contributed by atoms with E-state index in [0.29, 0.717) is 6.20 Å². The number of aromatic amines is 1. The van der Waals surface area contributed by atoms with Crippen LogP contribution in [0.4, 0.5) is 13.2 Å². The van der Waals surface area contributed by atoms with Crippen molar-refractivity contribution in [3.63, 3.8) is 0 Å². The number of pyridine rings is 1. The van der Waals surface area contributed by atoms with E-state index in [4.69, 9.17) is 0 Å². The molecule has 0 saturated heterocycles. The minimum absolute atomic E-state index is 0.400. The van der Waals surface area contributed by atoms with Crippen molar-refractivity contribution in [3.05, 3.63) is 33.7 Å². The molecular weight excluding hydrogens is 227 g/mol. The molecule has 0 bridgehead atoms. The normalized spacial score (nSPS) is 11.2. The van der Waals surface area contributed by atoms with Gasteiger partial charge in [0.15, 0.2) is 0 Å². The van der Waals surface area contributed by atoms with Crippen LogP contribution in [0.15, 0.2) is 17.1 Å². The van der Waals surface area contributed by atoms with E-state index < -0.39 is 35.3 Å². The molecule has 0 aliphatic heterocycles. The van der Waals surface area contributed by atoms with Gasteiger partial charge in [0.1, 0.15) is 0 Å². The molecule has 0 amide bonds. The van der Waals surface area contributed by atoms with Gasteiger partial charge in [0.05, 0.1) is 19.1 Å². The highest BCUT2D eigenvalue weighted by molar-refractivity contribution is 5.72. The summed E-state index contributed by atoms with van der Waals surface area (Å²) in [4.78, 5) is 23.6. The van der Waals surface area contributed by atoms with Crippen molar-refractivity contribution in [3.8, 4) is 0 Å². The minimum atomic E-state index is -4.62. The first-order valence-corrected chi connectivity index (χ1v) is 4.20. The van der Waals surface area contributed by atoms with Crippen molar-refractivity contribution >= 4 is 5.97 Å². The number of aromatic nitrogens is 1. The van der Waals surface area contributed by atoms with E-state index in [1.807, 2.05) is 4.98 Å². The van der Waals surface area contributed by atoms with Crippen molar-refractivity contribution < 1.29 is 22.7 Å².